The second-order valence-corrected chi connectivity index (χ2v) is 6.62. The Morgan fingerprint density at radius 3 is 2.62 bits per heavy atom. The summed E-state index contributed by atoms with van der Waals surface area (Å²) in [5, 5.41) is 10.8. The van der Waals surface area contributed by atoms with Crippen LogP contribution in [0.5, 0.6) is 5.88 Å². The van der Waals surface area contributed by atoms with Crippen LogP contribution in [0.15, 0.2) is 4.99 Å². The van der Waals surface area contributed by atoms with Crippen molar-refractivity contribution in [3.8, 4) is 5.88 Å². The summed E-state index contributed by atoms with van der Waals surface area (Å²) in [6.07, 6.45) is 2.86. The average molecular weight is 498 g/mol. The monoisotopic (exact) mass is 498 g/mol. The number of methoxy groups -OCH3 is 1. The number of carbonyl (C=O) groups is 1. The molecule has 0 bridgehead atoms. The number of hydrogen-bond donors (Lipinski definition) is 2. The molecule has 1 aromatic rings. The summed E-state index contributed by atoms with van der Waals surface area (Å²) >= 11 is 1.75. The Kier molecular flexibility index (Phi) is 12.5. The summed E-state index contributed by atoms with van der Waals surface area (Å²) in [4.78, 5) is 18.0. The number of hydrogen-bond acceptors (Lipinski definition) is 5. The summed E-state index contributed by atoms with van der Waals surface area (Å²) < 4.78 is 7.18. The van der Waals surface area contributed by atoms with E-state index in [9.17, 15) is 4.79 Å². The largest absolute Gasteiger partial charge is 0.481 e. The number of rotatable bonds is 9. The smallest absolute Gasteiger partial charge is 0.241 e. The van der Waals surface area contributed by atoms with Crippen LogP contribution in [0.3, 0.4) is 0 Å². The zero-order chi connectivity index (χ0) is 18.8. The van der Waals surface area contributed by atoms with Crippen LogP contribution in [0.2, 0.25) is 0 Å². The first-order valence-electron chi connectivity index (χ1n) is 8.24. The molecule has 26 heavy (non-hydrogen) atoms. The van der Waals surface area contributed by atoms with Crippen LogP contribution in [0.25, 0.3) is 0 Å². The first-order valence-corrected chi connectivity index (χ1v) is 9.63. The molecular formula is C16H31IN6O2S. The predicted octanol–water partition coefficient (Wildman–Crippen LogP) is 1.10. The van der Waals surface area contributed by atoms with E-state index >= 15 is 0 Å². The number of likely N-dealkylation sites (N-methyl/N-ethyl adjacent to an activating group) is 1. The molecule has 0 saturated heterocycles. The number of aliphatic imine (C=N–C) groups is 1. The van der Waals surface area contributed by atoms with E-state index in [4.69, 9.17) is 4.74 Å². The van der Waals surface area contributed by atoms with Crippen molar-refractivity contribution in [1.82, 2.24) is 25.3 Å². The van der Waals surface area contributed by atoms with Crippen LogP contribution in [-0.4, -0.2) is 72.9 Å². The van der Waals surface area contributed by atoms with Gasteiger partial charge in [-0.25, -0.2) is 9.67 Å². The molecule has 1 aromatic heterocycles. The Balaban J connectivity index is 0.00000625. The second-order valence-electron chi connectivity index (χ2n) is 5.64. The highest BCUT2D eigenvalue weighted by molar-refractivity contribution is 14.0. The quantitative estimate of drug-likeness (QED) is 0.230. The number of thioether (sulfide) groups is 1. The van der Waals surface area contributed by atoms with Gasteiger partial charge in [0.2, 0.25) is 11.8 Å². The van der Waals surface area contributed by atoms with Crippen molar-refractivity contribution < 1.29 is 9.53 Å². The summed E-state index contributed by atoms with van der Waals surface area (Å²) in [6.45, 7) is 3.46. The third-order valence-electron chi connectivity index (χ3n) is 3.60. The van der Waals surface area contributed by atoms with E-state index in [1.807, 2.05) is 7.05 Å². The number of carbonyl (C=O) groups excluding carboxylic acids is 1. The molecule has 0 fully saturated rings. The summed E-state index contributed by atoms with van der Waals surface area (Å²) in [6, 6.07) is 0. The number of halogens is 1. The fraction of sp³-hybridized carbons (Fsp3) is 0.688. The molecule has 2 N–H and O–H groups in total. The molecular weight excluding hydrogens is 467 g/mol. The number of aryl methyl sites for hydroxylation is 2. The standard InChI is InChI=1S/C16H30N6O2S.HI/c1-7-13-12(15(24-5)22(4)20-13)10-18-16(17-8-9-25-6)19-11-14(23)21(2)3;/h7-11H2,1-6H3,(H2,17,18,19);1H. The first kappa shape index (κ1) is 24.8. The third kappa shape index (κ3) is 7.60. The lowest BCUT2D eigenvalue weighted by atomic mass is 10.2. The van der Waals surface area contributed by atoms with E-state index in [0.29, 0.717) is 18.4 Å². The minimum Gasteiger partial charge on any atom is -0.481 e. The maximum absolute atomic E-state index is 11.8. The Bertz CT molecular complexity index is 592. The summed E-state index contributed by atoms with van der Waals surface area (Å²) in [7, 11) is 6.96. The number of aromatic nitrogens is 2. The third-order valence-corrected chi connectivity index (χ3v) is 4.21. The average Bonchev–Trinajstić information content (AvgIpc) is 2.91. The number of guanidine groups is 1. The van der Waals surface area contributed by atoms with Crippen molar-refractivity contribution in [3.63, 3.8) is 0 Å². The molecule has 1 rings (SSSR count). The highest BCUT2D eigenvalue weighted by Gasteiger charge is 2.15. The first-order chi connectivity index (χ1) is 11.9. The Morgan fingerprint density at radius 1 is 1.38 bits per heavy atom. The normalized spacial score (nSPS) is 10.9. The number of ether oxygens (including phenoxy) is 1. The van der Waals surface area contributed by atoms with E-state index in [0.717, 1.165) is 30.0 Å². The molecule has 0 aliphatic heterocycles. The SMILES string of the molecule is CCc1nn(C)c(OC)c1CN=C(NCCSC)NCC(=O)N(C)C.I. The Labute approximate surface area is 177 Å². The minimum absolute atomic E-state index is 0. The lowest BCUT2D eigenvalue weighted by molar-refractivity contribution is -0.127. The molecule has 0 aromatic carbocycles. The Hall–Kier alpha value is -1.17. The fourth-order valence-corrected chi connectivity index (χ4v) is 2.53. The molecule has 0 aliphatic rings. The van der Waals surface area contributed by atoms with E-state index in [-0.39, 0.29) is 36.4 Å². The van der Waals surface area contributed by atoms with E-state index in [1.165, 1.54) is 0 Å². The second kappa shape index (κ2) is 13.1. The van der Waals surface area contributed by atoms with Gasteiger partial charge in [-0.05, 0) is 12.7 Å². The summed E-state index contributed by atoms with van der Waals surface area (Å²) in [5.41, 5.74) is 1.94. The minimum atomic E-state index is -0.00688. The van der Waals surface area contributed by atoms with Crippen molar-refractivity contribution in [2.45, 2.75) is 19.9 Å². The predicted molar refractivity (Wildman–Crippen MR) is 119 cm³/mol. The maximum Gasteiger partial charge on any atom is 0.241 e. The van der Waals surface area contributed by atoms with Crippen molar-refractivity contribution in [3.05, 3.63) is 11.3 Å². The topological polar surface area (TPSA) is 83.8 Å². The van der Waals surface area contributed by atoms with Gasteiger partial charge in [-0.1, -0.05) is 6.92 Å². The molecule has 150 valence electrons. The lowest BCUT2D eigenvalue weighted by Crippen LogP contribution is -2.43. The van der Waals surface area contributed by atoms with Gasteiger partial charge in [0.25, 0.3) is 0 Å². The zero-order valence-electron chi connectivity index (χ0n) is 16.5. The number of nitrogens with one attached hydrogen (secondary N) is 2. The van der Waals surface area contributed by atoms with Crippen LogP contribution in [-0.2, 0) is 24.8 Å². The van der Waals surface area contributed by atoms with E-state index < -0.39 is 0 Å². The van der Waals surface area contributed by atoms with Gasteiger partial charge in [0, 0.05) is 33.4 Å². The fourth-order valence-electron chi connectivity index (χ4n) is 2.23. The molecule has 1 amide bonds. The van der Waals surface area contributed by atoms with Crippen LogP contribution in [0.4, 0.5) is 0 Å². The Morgan fingerprint density at radius 2 is 2.08 bits per heavy atom. The van der Waals surface area contributed by atoms with E-state index in [2.05, 4.69) is 33.9 Å². The molecule has 0 atom stereocenters. The van der Waals surface area contributed by atoms with E-state index in [1.54, 1.807) is 42.5 Å². The summed E-state index contributed by atoms with van der Waals surface area (Å²) in [5.74, 6) is 2.27. The van der Waals surface area contributed by atoms with Gasteiger partial charge in [-0.3, -0.25) is 4.79 Å². The van der Waals surface area contributed by atoms with Crippen molar-refractivity contribution >= 4 is 47.6 Å². The highest BCUT2D eigenvalue weighted by atomic mass is 127. The van der Waals surface area contributed by atoms with Gasteiger partial charge in [0.1, 0.15) is 0 Å². The lowest BCUT2D eigenvalue weighted by Gasteiger charge is -2.15. The molecule has 0 radical (unpaired) electrons. The molecule has 0 unspecified atom stereocenters. The van der Waals surface area contributed by atoms with Crippen LogP contribution >= 0.6 is 35.7 Å². The van der Waals surface area contributed by atoms with Crippen LogP contribution in [0.1, 0.15) is 18.2 Å². The van der Waals surface area contributed by atoms with Crippen molar-refractivity contribution in [2.24, 2.45) is 12.0 Å². The van der Waals surface area contributed by atoms with Gasteiger partial charge in [-0.15, -0.1) is 24.0 Å². The van der Waals surface area contributed by atoms with Gasteiger partial charge in [0.05, 0.1) is 31.5 Å². The highest BCUT2D eigenvalue weighted by Crippen LogP contribution is 2.22. The maximum atomic E-state index is 11.8. The number of nitrogens with zero attached hydrogens (tertiary/aromatic N) is 4. The van der Waals surface area contributed by atoms with Gasteiger partial charge in [0.15, 0.2) is 5.96 Å². The molecule has 1 heterocycles. The van der Waals surface area contributed by atoms with Gasteiger partial charge < -0.3 is 20.3 Å². The van der Waals surface area contributed by atoms with Crippen molar-refractivity contribution in [2.75, 3.05) is 46.3 Å². The zero-order valence-corrected chi connectivity index (χ0v) is 19.6. The number of amides is 1. The van der Waals surface area contributed by atoms with Gasteiger partial charge in [-0.2, -0.15) is 16.9 Å². The molecule has 10 heteroatoms. The molecule has 8 nitrogen and oxygen atoms in total. The van der Waals surface area contributed by atoms with Gasteiger partial charge >= 0.3 is 0 Å². The van der Waals surface area contributed by atoms with Crippen molar-refractivity contribution in [1.29, 1.82) is 0 Å². The van der Waals surface area contributed by atoms with Crippen LogP contribution in [0, 0.1) is 0 Å². The van der Waals surface area contributed by atoms with Crippen LogP contribution < -0.4 is 15.4 Å². The molecule has 0 spiro atoms. The molecule has 0 aliphatic carbocycles. The molecule has 0 saturated carbocycles.